The fourth-order valence-electron chi connectivity index (χ4n) is 3.32. The summed E-state index contributed by atoms with van der Waals surface area (Å²) < 4.78 is 0. The summed E-state index contributed by atoms with van der Waals surface area (Å²) in [4.78, 5) is 25.8. The molecule has 0 aromatic heterocycles. The Morgan fingerprint density at radius 3 is 1.90 bits per heavy atom. The number of hydrogen-bond donors (Lipinski definition) is 2. The molecule has 3 aliphatic rings. The van der Waals surface area contributed by atoms with Gasteiger partial charge in [0.1, 0.15) is 0 Å². The molecule has 5 heteroatoms. The van der Waals surface area contributed by atoms with E-state index in [1.165, 1.54) is 12.8 Å². The fourth-order valence-corrected chi connectivity index (χ4v) is 3.32. The van der Waals surface area contributed by atoms with Gasteiger partial charge in [-0.3, -0.25) is 4.79 Å². The van der Waals surface area contributed by atoms with Gasteiger partial charge in [-0.15, -0.1) is 0 Å². The van der Waals surface area contributed by atoms with Crippen LogP contribution in [0.25, 0.3) is 0 Å². The topological polar surface area (TPSA) is 61.4 Å². The Kier molecular flexibility index (Phi) is 4.13. The molecule has 1 aliphatic heterocycles. The molecule has 2 N–H and O–H groups in total. The first kappa shape index (κ1) is 13.7. The van der Waals surface area contributed by atoms with Crippen LogP contribution in [0.3, 0.4) is 0 Å². The van der Waals surface area contributed by atoms with E-state index in [1.807, 2.05) is 4.90 Å². The molecule has 112 valence electrons. The zero-order valence-electron chi connectivity index (χ0n) is 12.1. The van der Waals surface area contributed by atoms with E-state index in [4.69, 9.17) is 0 Å². The number of piperidine rings is 1. The van der Waals surface area contributed by atoms with E-state index < -0.39 is 0 Å². The number of nitrogens with zero attached hydrogens (tertiary/aromatic N) is 1. The summed E-state index contributed by atoms with van der Waals surface area (Å²) >= 11 is 0. The second-order valence-corrected chi connectivity index (χ2v) is 6.47. The third-order valence-corrected chi connectivity index (χ3v) is 4.76. The summed E-state index contributed by atoms with van der Waals surface area (Å²) in [5, 5.41) is 6.12. The van der Waals surface area contributed by atoms with Crippen LogP contribution < -0.4 is 10.6 Å². The van der Waals surface area contributed by atoms with Crippen molar-refractivity contribution >= 4 is 11.9 Å². The van der Waals surface area contributed by atoms with Gasteiger partial charge in [0.25, 0.3) is 0 Å². The van der Waals surface area contributed by atoms with Crippen molar-refractivity contribution in [3.63, 3.8) is 0 Å². The van der Waals surface area contributed by atoms with Gasteiger partial charge < -0.3 is 15.5 Å². The van der Waals surface area contributed by atoms with Crippen LogP contribution in [-0.4, -0.2) is 42.0 Å². The molecule has 1 heterocycles. The lowest BCUT2D eigenvalue weighted by atomic mass is 10.0. The second-order valence-electron chi connectivity index (χ2n) is 6.47. The van der Waals surface area contributed by atoms with Crippen molar-refractivity contribution in [2.45, 2.75) is 63.5 Å². The predicted molar refractivity (Wildman–Crippen MR) is 76.2 cm³/mol. The Labute approximate surface area is 120 Å². The number of likely N-dealkylation sites (tertiary alicyclic amines) is 1. The Morgan fingerprint density at radius 2 is 1.35 bits per heavy atom. The molecule has 3 rings (SSSR count). The third-order valence-electron chi connectivity index (χ3n) is 4.76. The minimum atomic E-state index is -0.0242. The summed E-state index contributed by atoms with van der Waals surface area (Å²) in [6.45, 7) is 1.59. The second kappa shape index (κ2) is 6.02. The first-order valence-electron chi connectivity index (χ1n) is 8.08. The smallest absolute Gasteiger partial charge is 0.315 e. The molecule has 5 nitrogen and oxygen atoms in total. The molecule has 3 fully saturated rings. The molecular weight excluding hydrogens is 254 g/mol. The van der Waals surface area contributed by atoms with Gasteiger partial charge in [-0.1, -0.05) is 12.8 Å². The highest BCUT2D eigenvalue weighted by molar-refractivity contribution is 5.81. The number of nitrogens with one attached hydrogen (secondary N) is 2. The van der Waals surface area contributed by atoms with Gasteiger partial charge in [0.05, 0.1) is 0 Å². The number of carbonyl (C=O) groups excluding carboxylic acids is 2. The first-order valence-corrected chi connectivity index (χ1v) is 8.08. The van der Waals surface area contributed by atoms with Crippen LogP contribution in [0.2, 0.25) is 0 Å². The molecule has 2 saturated carbocycles. The Morgan fingerprint density at radius 1 is 0.800 bits per heavy atom. The summed E-state index contributed by atoms with van der Waals surface area (Å²) in [5.74, 6) is 0.643. The van der Waals surface area contributed by atoms with Crippen LogP contribution in [0.5, 0.6) is 0 Å². The molecule has 20 heavy (non-hydrogen) atoms. The van der Waals surface area contributed by atoms with Gasteiger partial charge in [0.2, 0.25) is 5.91 Å². The normalized spacial score (nSPS) is 24.7. The van der Waals surface area contributed by atoms with Crippen molar-refractivity contribution < 1.29 is 9.59 Å². The standard InChI is InChI=1S/C15H25N3O2/c19-14(11-5-6-11)18-9-7-13(8-10-18)17-15(20)16-12-3-1-2-4-12/h11-13H,1-10H2,(H2,16,17,20). The summed E-state index contributed by atoms with van der Waals surface area (Å²) in [5.41, 5.74) is 0. The van der Waals surface area contributed by atoms with E-state index in [0.29, 0.717) is 17.9 Å². The molecule has 3 amide bonds. The SMILES string of the molecule is O=C(NC1CCCC1)NC1CCN(C(=O)C2CC2)CC1. The fraction of sp³-hybridized carbons (Fsp3) is 0.867. The molecule has 0 aromatic rings. The molecule has 2 aliphatic carbocycles. The summed E-state index contributed by atoms with van der Waals surface area (Å²) in [7, 11) is 0. The van der Waals surface area contributed by atoms with Gasteiger partial charge in [0.15, 0.2) is 0 Å². The van der Waals surface area contributed by atoms with Gasteiger partial charge in [-0.2, -0.15) is 0 Å². The quantitative estimate of drug-likeness (QED) is 0.825. The number of hydrogen-bond acceptors (Lipinski definition) is 2. The highest BCUT2D eigenvalue weighted by Crippen LogP contribution is 2.31. The highest BCUT2D eigenvalue weighted by Gasteiger charge is 2.35. The van der Waals surface area contributed by atoms with Crippen LogP contribution in [0.1, 0.15) is 51.4 Å². The largest absolute Gasteiger partial charge is 0.342 e. The zero-order chi connectivity index (χ0) is 13.9. The van der Waals surface area contributed by atoms with E-state index in [0.717, 1.165) is 51.6 Å². The predicted octanol–water partition coefficient (Wildman–Crippen LogP) is 1.63. The highest BCUT2D eigenvalue weighted by atomic mass is 16.2. The maximum absolute atomic E-state index is 11.9. The monoisotopic (exact) mass is 279 g/mol. The van der Waals surface area contributed by atoms with Crippen molar-refractivity contribution in [1.29, 1.82) is 0 Å². The molecule has 0 unspecified atom stereocenters. The van der Waals surface area contributed by atoms with Crippen LogP contribution in [0.4, 0.5) is 4.79 Å². The lowest BCUT2D eigenvalue weighted by Gasteiger charge is -2.32. The maximum atomic E-state index is 11.9. The Bertz CT molecular complexity index is 367. The van der Waals surface area contributed by atoms with E-state index >= 15 is 0 Å². The molecular formula is C15H25N3O2. The molecule has 0 bridgehead atoms. The summed E-state index contributed by atoms with van der Waals surface area (Å²) in [6.07, 6.45) is 8.59. The van der Waals surface area contributed by atoms with Crippen LogP contribution in [-0.2, 0) is 4.79 Å². The van der Waals surface area contributed by atoms with Gasteiger partial charge >= 0.3 is 6.03 Å². The Hall–Kier alpha value is -1.26. The van der Waals surface area contributed by atoms with Crippen molar-refractivity contribution in [3.05, 3.63) is 0 Å². The minimum Gasteiger partial charge on any atom is -0.342 e. The Balaban J connectivity index is 1.37. The molecule has 0 aromatic carbocycles. The average molecular weight is 279 g/mol. The first-order chi connectivity index (χ1) is 9.72. The van der Waals surface area contributed by atoms with Crippen LogP contribution in [0, 0.1) is 5.92 Å². The van der Waals surface area contributed by atoms with Crippen molar-refractivity contribution in [1.82, 2.24) is 15.5 Å². The van der Waals surface area contributed by atoms with E-state index in [9.17, 15) is 9.59 Å². The summed E-state index contributed by atoms with van der Waals surface area (Å²) in [6, 6.07) is 0.565. The number of carbonyl (C=O) groups is 2. The van der Waals surface area contributed by atoms with E-state index in [-0.39, 0.29) is 12.1 Å². The number of amides is 3. The number of rotatable bonds is 3. The van der Waals surface area contributed by atoms with Crippen molar-refractivity contribution in [2.24, 2.45) is 5.92 Å². The van der Waals surface area contributed by atoms with Crippen molar-refractivity contribution in [3.8, 4) is 0 Å². The van der Waals surface area contributed by atoms with Crippen LogP contribution in [0.15, 0.2) is 0 Å². The molecule has 0 spiro atoms. The zero-order valence-corrected chi connectivity index (χ0v) is 12.1. The maximum Gasteiger partial charge on any atom is 0.315 e. The third kappa shape index (κ3) is 3.44. The average Bonchev–Trinajstić information content (AvgIpc) is 3.18. The van der Waals surface area contributed by atoms with E-state index in [1.54, 1.807) is 0 Å². The van der Waals surface area contributed by atoms with Gasteiger partial charge in [-0.05, 0) is 38.5 Å². The van der Waals surface area contributed by atoms with Gasteiger partial charge in [-0.25, -0.2) is 4.79 Å². The van der Waals surface area contributed by atoms with Gasteiger partial charge in [0, 0.05) is 31.1 Å². The lowest BCUT2D eigenvalue weighted by Crippen LogP contribution is -2.50. The van der Waals surface area contributed by atoms with Crippen molar-refractivity contribution in [2.75, 3.05) is 13.1 Å². The molecule has 0 atom stereocenters. The molecule has 0 radical (unpaired) electrons. The number of urea groups is 1. The minimum absolute atomic E-state index is 0.0242. The lowest BCUT2D eigenvalue weighted by molar-refractivity contribution is -0.133. The molecule has 1 saturated heterocycles. The van der Waals surface area contributed by atoms with Crippen LogP contribution >= 0.6 is 0 Å². The van der Waals surface area contributed by atoms with E-state index in [2.05, 4.69) is 10.6 Å².